The summed E-state index contributed by atoms with van der Waals surface area (Å²) >= 11 is 0. The lowest BCUT2D eigenvalue weighted by Crippen LogP contribution is -2.24. The number of aliphatic imine (C=N–C) groups is 3. The molecular formula is C17H24N4. The summed E-state index contributed by atoms with van der Waals surface area (Å²) in [6, 6.07) is 7.84. The minimum atomic E-state index is -0.143. The highest BCUT2D eigenvalue weighted by molar-refractivity contribution is 6.22. The van der Waals surface area contributed by atoms with E-state index >= 15 is 0 Å². The molecule has 0 bridgehead atoms. The highest BCUT2D eigenvalue weighted by Gasteiger charge is 2.24. The second-order valence-electron chi connectivity index (χ2n) is 7.29. The van der Waals surface area contributed by atoms with Crippen molar-refractivity contribution in [3.8, 4) is 0 Å². The SMILES string of the molecule is CC(C)(C)CC(C)(C)N=CN=C1N=C(N)c2ccccc21. The molecule has 2 N–H and O–H groups in total. The molecule has 0 aliphatic carbocycles. The third kappa shape index (κ3) is 4.00. The first kappa shape index (κ1) is 15.4. The molecule has 1 aromatic rings. The van der Waals surface area contributed by atoms with Crippen LogP contribution < -0.4 is 5.73 Å². The van der Waals surface area contributed by atoms with E-state index in [2.05, 4.69) is 49.6 Å². The highest BCUT2D eigenvalue weighted by atomic mass is 15.0. The molecule has 0 fully saturated rings. The first-order valence-electron chi connectivity index (χ1n) is 7.23. The van der Waals surface area contributed by atoms with E-state index in [4.69, 9.17) is 5.73 Å². The predicted molar refractivity (Wildman–Crippen MR) is 90.3 cm³/mol. The summed E-state index contributed by atoms with van der Waals surface area (Å²) in [4.78, 5) is 13.3. The Bertz CT molecular complexity index is 616. The first-order valence-corrected chi connectivity index (χ1v) is 7.23. The standard InChI is InChI=1S/C17H24N4/c1-16(2,3)10-17(4,5)20-11-19-15-13-9-7-6-8-12(13)14(18)21-15/h6-9,11H,10H2,1-5H3,(H2,18,19,20,21). The van der Waals surface area contributed by atoms with Gasteiger partial charge in [-0.2, -0.15) is 0 Å². The van der Waals surface area contributed by atoms with Crippen molar-refractivity contribution in [1.29, 1.82) is 0 Å². The summed E-state index contributed by atoms with van der Waals surface area (Å²) in [5.41, 5.74) is 7.90. The molecule has 21 heavy (non-hydrogen) atoms. The van der Waals surface area contributed by atoms with E-state index in [-0.39, 0.29) is 11.0 Å². The quantitative estimate of drug-likeness (QED) is 0.671. The Kier molecular flexibility index (Phi) is 3.99. The van der Waals surface area contributed by atoms with Gasteiger partial charge < -0.3 is 5.73 Å². The van der Waals surface area contributed by atoms with Gasteiger partial charge in [-0.25, -0.2) is 9.98 Å². The van der Waals surface area contributed by atoms with Crippen molar-refractivity contribution < 1.29 is 0 Å². The molecule has 1 aliphatic heterocycles. The van der Waals surface area contributed by atoms with E-state index in [1.165, 1.54) is 0 Å². The maximum atomic E-state index is 5.90. The minimum absolute atomic E-state index is 0.143. The Balaban J connectivity index is 2.18. The Hall–Kier alpha value is -1.97. The van der Waals surface area contributed by atoms with Crippen LogP contribution in [0.25, 0.3) is 0 Å². The lowest BCUT2D eigenvalue weighted by molar-refractivity contribution is 0.289. The molecule has 0 atom stereocenters. The van der Waals surface area contributed by atoms with Gasteiger partial charge in [-0.15, -0.1) is 0 Å². The van der Waals surface area contributed by atoms with Gasteiger partial charge in [-0.05, 0) is 25.7 Å². The van der Waals surface area contributed by atoms with Crippen LogP contribution in [0.15, 0.2) is 39.2 Å². The van der Waals surface area contributed by atoms with E-state index in [0.29, 0.717) is 11.7 Å². The van der Waals surface area contributed by atoms with Gasteiger partial charge in [0.15, 0.2) is 5.84 Å². The summed E-state index contributed by atoms with van der Waals surface area (Å²) < 4.78 is 0. The molecule has 4 nitrogen and oxygen atoms in total. The fraction of sp³-hybridized carbons (Fsp3) is 0.471. The third-order valence-corrected chi connectivity index (χ3v) is 3.22. The molecule has 1 aromatic carbocycles. The van der Waals surface area contributed by atoms with Crippen molar-refractivity contribution in [2.45, 2.75) is 46.6 Å². The van der Waals surface area contributed by atoms with Crippen LogP contribution in [0.4, 0.5) is 0 Å². The monoisotopic (exact) mass is 284 g/mol. The summed E-state index contributed by atoms with van der Waals surface area (Å²) in [5, 5.41) is 0. The average molecular weight is 284 g/mol. The average Bonchev–Trinajstić information content (AvgIpc) is 2.64. The van der Waals surface area contributed by atoms with Crippen molar-refractivity contribution in [3.63, 3.8) is 0 Å². The van der Waals surface area contributed by atoms with Crippen LogP contribution in [0, 0.1) is 5.41 Å². The Labute approximate surface area is 126 Å². The Morgan fingerprint density at radius 1 is 1.10 bits per heavy atom. The van der Waals surface area contributed by atoms with Crippen molar-refractivity contribution in [3.05, 3.63) is 35.4 Å². The topological polar surface area (TPSA) is 63.1 Å². The molecule has 112 valence electrons. The molecule has 0 saturated carbocycles. The van der Waals surface area contributed by atoms with Crippen LogP contribution in [0.1, 0.15) is 52.2 Å². The zero-order chi connectivity index (χ0) is 15.7. The fourth-order valence-corrected chi connectivity index (χ4v) is 2.82. The molecule has 2 rings (SSSR count). The molecule has 1 aliphatic rings. The van der Waals surface area contributed by atoms with Gasteiger partial charge in [0.1, 0.15) is 12.2 Å². The predicted octanol–water partition coefficient (Wildman–Crippen LogP) is 3.40. The molecule has 0 saturated heterocycles. The van der Waals surface area contributed by atoms with Gasteiger partial charge >= 0.3 is 0 Å². The van der Waals surface area contributed by atoms with Crippen LogP contribution in [-0.2, 0) is 0 Å². The summed E-state index contributed by atoms with van der Waals surface area (Å²) in [5.74, 6) is 1.16. The van der Waals surface area contributed by atoms with Crippen molar-refractivity contribution >= 4 is 18.0 Å². The fourth-order valence-electron chi connectivity index (χ4n) is 2.82. The van der Waals surface area contributed by atoms with Gasteiger partial charge in [0, 0.05) is 11.1 Å². The third-order valence-electron chi connectivity index (χ3n) is 3.22. The number of nitrogens with two attached hydrogens (primary N) is 1. The van der Waals surface area contributed by atoms with Crippen molar-refractivity contribution in [2.24, 2.45) is 26.1 Å². The molecule has 4 heteroatoms. The lowest BCUT2D eigenvalue weighted by Gasteiger charge is -2.28. The molecule has 0 radical (unpaired) electrons. The zero-order valence-electron chi connectivity index (χ0n) is 13.5. The second kappa shape index (κ2) is 5.43. The number of fused-ring (bicyclic) bond motifs is 1. The van der Waals surface area contributed by atoms with Gasteiger partial charge in [0.05, 0.1) is 5.54 Å². The number of hydrogen-bond donors (Lipinski definition) is 1. The normalized spacial score (nSPS) is 17.4. The van der Waals surface area contributed by atoms with Gasteiger partial charge in [0.2, 0.25) is 0 Å². The van der Waals surface area contributed by atoms with Gasteiger partial charge in [-0.3, -0.25) is 4.99 Å². The maximum absolute atomic E-state index is 5.90. The maximum Gasteiger partial charge on any atom is 0.163 e. The first-order chi connectivity index (χ1) is 9.68. The second-order valence-corrected chi connectivity index (χ2v) is 7.29. The van der Waals surface area contributed by atoms with Crippen LogP contribution in [-0.4, -0.2) is 23.5 Å². The summed E-state index contributed by atoms with van der Waals surface area (Å²) in [6.45, 7) is 10.9. The molecule has 1 heterocycles. The minimum Gasteiger partial charge on any atom is -0.383 e. The summed E-state index contributed by atoms with van der Waals surface area (Å²) in [7, 11) is 0. The number of amidine groups is 2. The number of rotatable bonds is 3. The van der Waals surface area contributed by atoms with E-state index in [0.717, 1.165) is 17.5 Å². The Morgan fingerprint density at radius 2 is 1.71 bits per heavy atom. The highest BCUT2D eigenvalue weighted by Crippen LogP contribution is 2.29. The molecular weight excluding hydrogens is 260 g/mol. The smallest absolute Gasteiger partial charge is 0.163 e. The largest absolute Gasteiger partial charge is 0.383 e. The Morgan fingerprint density at radius 3 is 2.33 bits per heavy atom. The summed E-state index contributed by atoms with van der Waals surface area (Å²) in [6.07, 6.45) is 2.60. The zero-order valence-corrected chi connectivity index (χ0v) is 13.5. The van der Waals surface area contributed by atoms with Crippen molar-refractivity contribution in [1.82, 2.24) is 0 Å². The molecule has 0 amide bonds. The van der Waals surface area contributed by atoms with E-state index < -0.39 is 0 Å². The lowest BCUT2D eigenvalue weighted by atomic mass is 9.82. The van der Waals surface area contributed by atoms with Crippen LogP contribution in [0.2, 0.25) is 0 Å². The van der Waals surface area contributed by atoms with Crippen LogP contribution in [0.5, 0.6) is 0 Å². The van der Waals surface area contributed by atoms with Gasteiger partial charge in [0.25, 0.3) is 0 Å². The number of nitrogens with zero attached hydrogens (tertiary/aromatic N) is 3. The van der Waals surface area contributed by atoms with E-state index in [1.54, 1.807) is 6.34 Å². The van der Waals surface area contributed by atoms with Crippen LogP contribution in [0.3, 0.4) is 0 Å². The molecule has 0 aromatic heterocycles. The van der Waals surface area contributed by atoms with E-state index in [9.17, 15) is 0 Å². The molecule has 0 spiro atoms. The van der Waals surface area contributed by atoms with Gasteiger partial charge in [-0.1, -0.05) is 45.0 Å². The van der Waals surface area contributed by atoms with Crippen molar-refractivity contribution in [2.75, 3.05) is 0 Å². The van der Waals surface area contributed by atoms with Crippen LogP contribution >= 0.6 is 0 Å². The number of benzene rings is 1. The molecule has 0 unspecified atom stereocenters. The number of hydrogen-bond acceptors (Lipinski definition) is 2. The van der Waals surface area contributed by atoms with E-state index in [1.807, 2.05) is 24.3 Å².